The van der Waals surface area contributed by atoms with Crippen molar-refractivity contribution in [3.05, 3.63) is 66.0 Å². The Morgan fingerprint density at radius 1 is 1.19 bits per heavy atom. The zero-order chi connectivity index (χ0) is 14.4. The highest BCUT2D eigenvalue weighted by Gasteiger charge is 2.40. The number of carbonyl (C=O) groups is 1. The van der Waals surface area contributed by atoms with Gasteiger partial charge in [0.05, 0.1) is 22.9 Å². The van der Waals surface area contributed by atoms with Crippen molar-refractivity contribution in [3.8, 4) is 0 Å². The molecule has 4 nitrogen and oxygen atoms in total. The summed E-state index contributed by atoms with van der Waals surface area (Å²) in [6, 6.07) is 15.9. The fourth-order valence-electron chi connectivity index (χ4n) is 2.97. The van der Waals surface area contributed by atoms with E-state index in [0.29, 0.717) is 17.5 Å². The molecule has 0 saturated heterocycles. The molecule has 0 amide bonds. The number of hydrogen-bond acceptors (Lipinski definition) is 2. The van der Waals surface area contributed by atoms with Crippen molar-refractivity contribution in [1.29, 1.82) is 0 Å². The molecule has 1 aromatic heterocycles. The highest BCUT2D eigenvalue weighted by atomic mass is 16.4. The summed E-state index contributed by atoms with van der Waals surface area (Å²) < 4.78 is 2.11. The van der Waals surface area contributed by atoms with Crippen molar-refractivity contribution >= 4 is 17.0 Å². The van der Waals surface area contributed by atoms with Crippen LogP contribution in [0.25, 0.3) is 11.0 Å². The Balaban J connectivity index is 1.72. The molecule has 104 valence electrons. The van der Waals surface area contributed by atoms with Gasteiger partial charge in [0, 0.05) is 12.0 Å². The third-order valence-electron chi connectivity index (χ3n) is 4.16. The van der Waals surface area contributed by atoms with Crippen LogP contribution in [-0.4, -0.2) is 20.6 Å². The fraction of sp³-hybridized carbons (Fsp3) is 0.176. The molecule has 1 aliphatic carbocycles. The summed E-state index contributed by atoms with van der Waals surface area (Å²) >= 11 is 0. The van der Waals surface area contributed by atoms with Crippen LogP contribution >= 0.6 is 0 Å². The van der Waals surface area contributed by atoms with E-state index in [9.17, 15) is 4.79 Å². The fourth-order valence-corrected chi connectivity index (χ4v) is 2.97. The molecule has 0 spiro atoms. The second kappa shape index (κ2) is 4.45. The van der Waals surface area contributed by atoms with Crippen LogP contribution in [0.5, 0.6) is 0 Å². The molecule has 0 bridgehead atoms. The monoisotopic (exact) mass is 278 g/mol. The van der Waals surface area contributed by atoms with Crippen molar-refractivity contribution in [2.24, 2.45) is 0 Å². The van der Waals surface area contributed by atoms with Gasteiger partial charge in [-0.3, -0.25) is 0 Å². The molecule has 1 saturated carbocycles. The molecule has 1 fully saturated rings. The first-order chi connectivity index (χ1) is 10.2. The lowest BCUT2D eigenvalue weighted by Crippen LogP contribution is -1.98. The Labute approximate surface area is 121 Å². The van der Waals surface area contributed by atoms with E-state index in [-0.39, 0.29) is 0 Å². The number of rotatable bonds is 3. The van der Waals surface area contributed by atoms with Gasteiger partial charge < -0.3 is 9.67 Å². The molecule has 1 N–H and O–H groups in total. The molecule has 4 heteroatoms. The molecule has 2 aromatic carbocycles. The van der Waals surface area contributed by atoms with Crippen molar-refractivity contribution < 1.29 is 9.90 Å². The van der Waals surface area contributed by atoms with E-state index >= 15 is 0 Å². The van der Waals surface area contributed by atoms with Gasteiger partial charge in [-0.2, -0.15) is 0 Å². The molecule has 4 rings (SSSR count). The van der Waals surface area contributed by atoms with Crippen LogP contribution < -0.4 is 0 Å². The number of carboxylic acid groups (broad SMARTS) is 1. The minimum atomic E-state index is -0.903. The maximum atomic E-state index is 11.1. The van der Waals surface area contributed by atoms with E-state index < -0.39 is 5.97 Å². The van der Waals surface area contributed by atoms with Gasteiger partial charge in [0.1, 0.15) is 0 Å². The molecule has 3 aromatic rings. The molecule has 1 heterocycles. The van der Waals surface area contributed by atoms with Gasteiger partial charge in [0.25, 0.3) is 0 Å². The van der Waals surface area contributed by atoms with Crippen molar-refractivity contribution in [2.75, 3.05) is 0 Å². The van der Waals surface area contributed by atoms with E-state index in [2.05, 4.69) is 33.8 Å². The summed E-state index contributed by atoms with van der Waals surface area (Å²) in [5.74, 6) is -0.405. The van der Waals surface area contributed by atoms with E-state index in [4.69, 9.17) is 5.11 Å². The lowest BCUT2D eigenvalue weighted by atomic mass is 10.1. The number of nitrogens with zero attached hydrogens (tertiary/aromatic N) is 2. The first kappa shape index (κ1) is 12.1. The molecule has 0 radical (unpaired) electrons. The Bertz CT molecular complexity index is 823. The normalized spacial score (nSPS) is 20.6. The third kappa shape index (κ3) is 2.00. The highest BCUT2D eigenvalue weighted by molar-refractivity contribution is 5.92. The number of imidazole rings is 1. The van der Waals surface area contributed by atoms with Crippen LogP contribution in [0.1, 0.15) is 34.3 Å². The van der Waals surface area contributed by atoms with E-state index in [0.717, 1.165) is 17.5 Å². The van der Waals surface area contributed by atoms with Crippen molar-refractivity contribution in [3.63, 3.8) is 0 Å². The Morgan fingerprint density at radius 3 is 2.76 bits per heavy atom. The van der Waals surface area contributed by atoms with E-state index in [1.807, 2.05) is 12.4 Å². The molecule has 21 heavy (non-hydrogen) atoms. The summed E-state index contributed by atoms with van der Waals surface area (Å²) in [5, 5.41) is 9.13. The summed E-state index contributed by atoms with van der Waals surface area (Å²) in [5.41, 5.74) is 3.39. The Morgan fingerprint density at radius 2 is 2.00 bits per heavy atom. The number of fused-ring (bicyclic) bond motifs is 1. The quantitative estimate of drug-likeness (QED) is 0.798. The molecule has 1 aliphatic rings. The smallest absolute Gasteiger partial charge is 0.335 e. The second-order valence-corrected chi connectivity index (χ2v) is 5.48. The summed E-state index contributed by atoms with van der Waals surface area (Å²) in [4.78, 5) is 15.5. The highest BCUT2D eigenvalue weighted by Crippen LogP contribution is 2.52. The van der Waals surface area contributed by atoms with Crippen LogP contribution in [0.15, 0.2) is 54.9 Å². The number of benzene rings is 2. The minimum Gasteiger partial charge on any atom is -0.478 e. The van der Waals surface area contributed by atoms with E-state index in [1.165, 1.54) is 5.56 Å². The largest absolute Gasteiger partial charge is 0.478 e. The topological polar surface area (TPSA) is 55.1 Å². The standard InChI is InChI=1S/C17H14N2O2/c20-17(21)12-6-7-14-16(8-12)19(10-18-14)15-9-13(15)11-4-2-1-3-5-11/h1-8,10,13,15H,9H2,(H,20,21). The Hall–Kier alpha value is -2.62. The molecule has 2 unspecified atom stereocenters. The van der Waals surface area contributed by atoms with Gasteiger partial charge >= 0.3 is 5.97 Å². The third-order valence-corrected chi connectivity index (χ3v) is 4.16. The van der Waals surface area contributed by atoms with Gasteiger partial charge in [-0.1, -0.05) is 30.3 Å². The van der Waals surface area contributed by atoms with Crippen LogP contribution in [0.3, 0.4) is 0 Å². The van der Waals surface area contributed by atoms with Crippen LogP contribution in [0.4, 0.5) is 0 Å². The van der Waals surface area contributed by atoms with E-state index in [1.54, 1.807) is 18.2 Å². The van der Waals surface area contributed by atoms with Crippen LogP contribution in [-0.2, 0) is 0 Å². The van der Waals surface area contributed by atoms with Gasteiger partial charge in [-0.15, -0.1) is 0 Å². The first-order valence-electron chi connectivity index (χ1n) is 6.99. The second-order valence-electron chi connectivity index (χ2n) is 5.48. The first-order valence-corrected chi connectivity index (χ1v) is 6.99. The van der Waals surface area contributed by atoms with Gasteiger partial charge in [-0.25, -0.2) is 9.78 Å². The molecular weight excluding hydrogens is 264 g/mol. The maximum Gasteiger partial charge on any atom is 0.335 e. The summed E-state index contributed by atoms with van der Waals surface area (Å²) in [6.07, 6.45) is 2.90. The number of carboxylic acids is 1. The predicted molar refractivity (Wildman–Crippen MR) is 79.5 cm³/mol. The molecular formula is C17H14N2O2. The van der Waals surface area contributed by atoms with Gasteiger partial charge in [0.15, 0.2) is 0 Å². The summed E-state index contributed by atoms with van der Waals surface area (Å²) in [6.45, 7) is 0. The van der Waals surface area contributed by atoms with Crippen molar-refractivity contribution in [2.45, 2.75) is 18.4 Å². The zero-order valence-corrected chi connectivity index (χ0v) is 11.3. The van der Waals surface area contributed by atoms with Crippen molar-refractivity contribution in [1.82, 2.24) is 9.55 Å². The number of hydrogen-bond donors (Lipinski definition) is 1. The lowest BCUT2D eigenvalue weighted by molar-refractivity contribution is 0.0697. The van der Waals surface area contributed by atoms with Gasteiger partial charge in [-0.05, 0) is 30.2 Å². The van der Waals surface area contributed by atoms with Crippen LogP contribution in [0.2, 0.25) is 0 Å². The lowest BCUT2D eigenvalue weighted by Gasteiger charge is -2.04. The SMILES string of the molecule is O=C(O)c1ccc2ncn(C3CC3c3ccccc3)c2c1. The maximum absolute atomic E-state index is 11.1. The average Bonchev–Trinajstić information content (AvgIpc) is 3.20. The molecule has 2 atom stereocenters. The average molecular weight is 278 g/mol. The zero-order valence-electron chi connectivity index (χ0n) is 11.3. The van der Waals surface area contributed by atoms with Crippen LogP contribution in [0, 0.1) is 0 Å². The Kier molecular flexibility index (Phi) is 2.57. The number of aromatic carboxylic acids is 1. The van der Waals surface area contributed by atoms with Gasteiger partial charge in [0.2, 0.25) is 0 Å². The molecule has 0 aliphatic heterocycles. The predicted octanol–water partition coefficient (Wildman–Crippen LogP) is 3.46. The summed E-state index contributed by atoms with van der Waals surface area (Å²) in [7, 11) is 0. The number of aromatic nitrogens is 2. The minimum absolute atomic E-state index is 0.307.